The molecule has 3 aromatic rings. The second-order valence-electron chi connectivity index (χ2n) is 5.88. The molecule has 0 aliphatic carbocycles. The van der Waals surface area contributed by atoms with E-state index in [0.717, 1.165) is 45.1 Å². The number of aromatic nitrogens is 3. The SMILES string of the molecule is CCNC(=NCCCn1ccc2ccccc21)NCCn1cccn1.I. The normalized spacial score (nSPS) is 11.3. The molecule has 2 heterocycles. The summed E-state index contributed by atoms with van der Waals surface area (Å²) in [5, 5.41) is 12.1. The third kappa shape index (κ3) is 5.76. The van der Waals surface area contributed by atoms with Crippen LogP contribution in [0.2, 0.25) is 0 Å². The maximum atomic E-state index is 4.66. The molecule has 140 valence electrons. The number of para-hydroxylation sites is 1. The predicted molar refractivity (Wildman–Crippen MR) is 118 cm³/mol. The van der Waals surface area contributed by atoms with Crippen molar-refractivity contribution in [1.82, 2.24) is 25.0 Å². The highest BCUT2D eigenvalue weighted by Gasteiger charge is 2.00. The Labute approximate surface area is 171 Å². The average molecular weight is 466 g/mol. The highest BCUT2D eigenvalue weighted by atomic mass is 127. The van der Waals surface area contributed by atoms with Crippen molar-refractivity contribution in [3.63, 3.8) is 0 Å². The van der Waals surface area contributed by atoms with Crippen LogP contribution in [0.3, 0.4) is 0 Å². The summed E-state index contributed by atoms with van der Waals surface area (Å²) in [4.78, 5) is 4.66. The maximum absolute atomic E-state index is 4.66. The van der Waals surface area contributed by atoms with E-state index in [-0.39, 0.29) is 24.0 Å². The van der Waals surface area contributed by atoms with Gasteiger partial charge in [0.1, 0.15) is 0 Å². The topological polar surface area (TPSA) is 59.2 Å². The molecule has 2 aromatic heterocycles. The quantitative estimate of drug-likeness (QED) is 0.232. The predicted octanol–water partition coefficient (Wildman–Crippen LogP) is 3.10. The Kier molecular flexibility index (Phi) is 8.46. The number of benzene rings is 1. The number of rotatable bonds is 8. The molecule has 6 nitrogen and oxygen atoms in total. The van der Waals surface area contributed by atoms with Crippen LogP contribution in [0, 0.1) is 0 Å². The highest BCUT2D eigenvalue weighted by molar-refractivity contribution is 14.0. The van der Waals surface area contributed by atoms with Gasteiger partial charge in [-0.15, -0.1) is 24.0 Å². The molecule has 2 N–H and O–H groups in total. The Morgan fingerprint density at radius 2 is 1.96 bits per heavy atom. The molecule has 26 heavy (non-hydrogen) atoms. The number of nitrogens with one attached hydrogen (secondary N) is 2. The van der Waals surface area contributed by atoms with Gasteiger partial charge in [-0.3, -0.25) is 9.67 Å². The molecule has 0 amide bonds. The number of aliphatic imine (C=N–C) groups is 1. The molecule has 0 spiro atoms. The molecule has 0 bridgehead atoms. The lowest BCUT2D eigenvalue weighted by atomic mass is 10.2. The Balaban J connectivity index is 0.00000243. The zero-order valence-corrected chi connectivity index (χ0v) is 17.5. The van der Waals surface area contributed by atoms with Crippen molar-refractivity contribution in [2.24, 2.45) is 4.99 Å². The maximum Gasteiger partial charge on any atom is 0.191 e. The average Bonchev–Trinajstić information content (AvgIpc) is 3.28. The Hall–Kier alpha value is -2.03. The molecule has 0 atom stereocenters. The fraction of sp³-hybridized carbons (Fsp3) is 0.368. The number of hydrogen-bond acceptors (Lipinski definition) is 2. The Morgan fingerprint density at radius 3 is 2.77 bits per heavy atom. The zero-order valence-electron chi connectivity index (χ0n) is 15.1. The monoisotopic (exact) mass is 466 g/mol. The first-order valence-corrected chi connectivity index (χ1v) is 8.90. The van der Waals surface area contributed by atoms with Gasteiger partial charge in [0.05, 0.1) is 6.54 Å². The number of nitrogens with zero attached hydrogens (tertiary/aromatic N) is 4. The molecule has 0 aliphatic rings. The first-order valence-electron chi connectivity index (χ1n) is 8.90. The van der Waals surface area contributed by atoms with Gasteiger partial charge in [0.2, 0.25) is 0 Å². The van der Waals surface area contributed by atoms with Crippen LogP contribution in [0.15, 0.2) is 60.0 Å². The van der Waals surface area contributed by atoms with Crippen LogP contribution in [0.1, 0.15) is 13.3 Å². The number of fused-ring (bicyclic) bond motifs is 1. The summed E-state index contributed by atoms with van der Waals surface area (Å²) in [6.45, 7) is 6.34. The van der Waals surface area contributed by atoms with Crippen molar-refractivity contribution < 1.29 is 0 Å². The minimum Gasteiger partial charge on any atom is -0.357 e. The van der Waals surface area contributed by atoms with E-state index in [1.54, 1.807) is 6.20 Å². The highest BCUT2D eigenvalue weighted by Crippen LogP contribution is 2.15. The van der Waals surface area contributed by atoms with Crippen molar-refractivity contribution >= 4 is 40.8 Å². The second kappa shape index (κ2) is 10.8. The molecule has 0 aliphatic heterocycles. The fourth-order valence-electron chi connectivity index (χ4n) is 2.83. The summed E-state index contributed by atoms with van der Waals surface area (Å²) in [6, 6.07) is 12.6. The van der Waals surface area contributed by atoms with Crippen LogP contribution in [0.4, 0.5) is 0 Å². The van der Waals surface area contributed by atoms with Gasteiger partial charge in [-0.2, -0.15) is 5.10 Å². The molecular formula is C19H27IN6. The van der Waals surface area contributed by atoms with Gasteiger partial charge in [0.15, 0.2) is 5.96 Å². The van der Waals surface area contributed by atoms with E-state index in [4.69, 9.17) is 0 Å². The molecule has 0 saturated carbocycles. The first kappa shape index (κ1) is 20.3. The molecule has 0 unspecified atom stereocenters. The Bertz CT molecular complexity index is 793. The van der Waals surface area contributed by atoms with Crippen molar-refractivity contribution in [1.29, 1.82) is 0 Å². The van der Waals surface area contributed by atoms with Gasteiger partial charge in [-0.1, -0.05) is 18.2 Å². The molecule has 0 radical (unpaired) electrons. The zero-order chi connectivity index (χ0) is 17.3. The molecule has 3 rings (SSSR count). The molecule has 0 saturated heterocycles. The largest absolute Gasteiger partial charge is 0.357 e. The van der Waals surface area contributed by atoms with Crippen molar-refractivity contribution in [3.05, 3.63) is 55.0 Å². The standard InChI is InChI=1S/C19H26N6.HI/c1-2-20-19(22-12-16-25-14-6-11-23-25)21-10-5-13-24-15-9-17-7-3-4-8-18(17)24;/h3-4,6-9,11,14-15H,2,5,10,12-13,16H2,1H3,(H2,20,21,22);1H. The van der Waals surface area contributed by atoms with E-state index in [0.29, 0.717) is 0 Å². The number of aryl methyl sites for hydroxylation is 1. The lowest BCUT2D eigenvalue weighted by molar-refractivity contribution is 0.596. The number of guanidine groups is 1. The molecular weight excluding hydrogens is 439 g/mol. The van der Waals surface area contributed by atoms with Crippen LogP contribution in [0.5, 0.6) is 0 Å². The van der Waals surface area contributed by atoms with E-state index in [9.17, 15) is 0 Å². The molecule has 0 fully saturated rings. The summed E-state index contributed by atoms with van der Waals surface area (Å²) >= 11 is 0. The smallest absolute Gasteiger partial charge is 0.191 e. The van der Waals surface area contributed by atoms with Crippen molar-refractivity contribution in [2.45, 2.75) is 26.4 Å². The lowest BCUT2D eigenvalue weighted by Crippen LogP contribution is -2.39. The van der Waals surface area contributed by atoms with Crippen LogP contribution < -0.4 is 10.6 Å². The number of hydrogen-bond donors (Lipinski definition) is 2. The van der Waals surface area contributed by atoms with Crippen molar-refractivity contribution in [2.75, 3.05) is 19.6 Å². The lowest BCUT2D eigenvalue weighted by Gasteiger charge is -2.11. The van der Waals surface area contributed by atoms with Gasteiger partial charge in [0.25, 0.3) is 0 Å². The van der Waals surface area contributed by atoms with E-state index in [1.807, 2.05) is 16.9 Å². The van der Waals surface area contributed by atoms with Gasteiger partial charge in [-0.05, 0) is 36.9 Å². The summed E-state index contributed by atoms with van der Waals surface area (Å²) in [7, 11) is 0. The fourth-order valence-corrected chi connectivity index (χ4v) is 2.83. The van der Waals surface area contributed by atoms with E-state index in [2.05, 4.69) is 68.7 Å². The summed E-state index contributed by atoms with van der Waals surface area (Å²) in [5.74, 6) is 0.868. The minimum atomic E-state index is 0. The van der Waals surface area contributed by atoms with Gasteiger partial charge in [0, 0.05) is 50.3 Å². The van der Waals surface area contributed by atoms with E-state index >= 15 is 0 Å². The summed E-state index contributed by atoms with van der Waals surface area (Å²) in [6.07, 6.45) is 6.92. The molecule has 7 heteroatoms. The Morgan fingerprint density at radius 1 is 1.08 bits per heavy atom. The van der Waals surface area contributed by atoms with Gasteiger partial charge in [-0.25, -0.2) is 0 Å². The van der Waals surface area contributed by atoms with Crippen LogP contribution in [-0.4, -0.2) is 39.9 Å². The van der Waals surface area contributed by atoms with E-state index in [1.165, 1.54) is 10.9 Å². The minimum absolute atomic E-state index is 0. The van der Waals surface area contributed by atoms with Crippen LogP contribution in [-0.2, 0) is 13.1 Å². The summed E-state index contributed by atoms with van der Waals surface area (Å²) < 4.78 is 4.20. The van der Waals surface area contributed by atoms with Crippen LogP contribution >= 0.6 is 24.0 Å². The first-order chi connectivity index (χ1) is 12.4. The van der Waals surface area contributed by atoms with Crippen LogP contribution in [0.25, 0.3) is 10.9 Å². The number of halogens is 1. The molecule has 1 aromatic carbocycles. The van der Waals surface area contributed by atoms with Crippen molar-refractivity contribution in [3.8, 4) is 0 Å². The second-order valence-corrected chi connectivity index (χ2v) is 5.88. The summed E-state index contributed by atoms with van der Waals surface area (Å²) in [5.41, 5.74) is 1.29. The third-order valence-corrected chi connectivity index (χ3v) is 4.04. The third-order valence-electron chi connectivity index (χ3n) is 4.04. The van der Waals surface area contributed by atoms with Gasteiger partial charge < -0.3 is 15.2 Å². The van der Waals surface area contributed by atoms with Gasteiger partial charge >= 0.3 is 0 Å². The van der Waals surface area contributed by atoms with E-state index < -0.39 is 0 Å².